The minimum Gasteiger partial charge on any atom is -0.462 e. The fourth-order valence-electron chi connectivity index (χ4n) is 1.48. The summed E-state index contributed by atoms with van der Waals surface area (Å²) in [6.45, 7) is 2.00. The van der Waals surface area contributed by atoms with E-state index < -0.39 is 11.9 Å². The van der Waals surface area contributed by atoms with Gasteiger partial charge in [-0.15, -0.1) is 0 Å². The molecule has 2 aromatic rings. The van der Waals surface area contributed by atoms with Gasteiger partial charge in [0.05, 0.1) is 12.2 Å². The Morgan fingerprint density at radius 3 is 2.65 bits per heavy atom. The van der Waals surface area contributed by atoms with Gasteiger partial charge in [-0.1, -0.05) is 6.07 Å². The lowest BCUT2D eigenvalue weighted by Gasteiger charge is -2.05. The second-order valence-corrected chi connectivity index (χ2v) is 4.52. The minimum atomic E-state index is -0.642. The summed E-state index contributed by atoms with van der Waals surface area (Å²) in [4.78, 5) is 23.3. The number of carbonyl (C=O) groups is 2. The van der Waals surface area contributed by atoms with E-state index in [-0.39, 0.29) is 18.1 Å². The number of hydrogen-bond donors (Lipinski definition) is 0. The molecule has 0 unspecified atom stereocenters. The molecule has 0 aliphatic heterocycles. The predicted octanol–water partition coefficient (Wildman–Crippen LogP) is 3.44. The van der Waals surface area contributed by atoms with Crippen LogP contribution in [-0.2, 0) is 4.74 Å². The number of carbonyl (C=O) groups excluding carboxylic acids is 2. The van der Waals surface area contributed by atoms with Crippen molar-refractivity contribution in [3.05, 3.63) is 52.4 Å². The lowest BCUT2D eigenvalue weighted by atomic mass is 10.2. The van der Waals surface area contributed by atoms with Crippen molar-refractivity contribution in [2.24, 2.45) is 0 Å². The van der Waals surface area contributed by atoms with E-state index in [4.69, 9.17) is 13.9 Å². The van der Waals surface area contributed by atoms with Gasteiger partial charge in [0.2, 0.25) is 5.76 Å². The molecule has 0 spiro atoms. The van der Waals surface area contributed by atoms with Crippen LogP contribution in [0.2, 0.25) is 0 Å². The van der Waals surface area contributed by atoms with E-state index >= 15 is 0 Å². The fraction of sp³-hybridized carbons (Fsp3) is 0.143. The molecule has 0 atom stereocenters. The first-order chi connectivity index (χ1) is 9.60. The largest absolute Gasteiger partial charge is 0.462 e. The minimum absolute atomic E-state index is 0.0680. The van der Waals surface area contributed by atoms with Crippen LogP contribution in [-0.4, -0.2) is 18.5 Å². The molecule has 0 saturated heterocycles. The molecule has 1 aromatic carbocycles. The first-order valence-electron chi connectivity index (χ1n) is 5.85. The average Bonchev–Trinajstić information content (AvgIpc) is 2.86. The van der Waals surface area contributed by atoms with Gasteiger partial charge in [-0.25, -0.2) is 9.59 Å². The Morgan fingerprint density at radius 2 is 2.00 bits per heavy atom. The van der Waals surface area contributed by atoms with Gasteiger partial charge in [0, 0.05) is 0 Å². The molecule has 0 fully saturated rings. The number of furan rings is 1. The van der Waals surface area contributed by atoms with Crippen molar-refractivity contribution in [1.82, 2.24) is 0 Å². The van der Waals surface area contributed by atoms with Crippen molar-refractivity contribution >= 4 is 27.9 Å². The first-order valence-corrected chi connectivity index (χ1v) is 6.64. The maximum absolute atomic E-state index is 11.8. The molecular weight excluding hydrogens is 328 g/mol. The predicted molar refractivity (Wildman–Crippen MR) is 73.8 cm³/mol. The third-order valence-corrected chi connectivity index (χ3v) is 2.76. The van der Waals surface area contributed by atoms with Gasteiger partial charge >= 0.3 is 11.9 Å². The van der Waals surface area contributed by atoms with Gasteiger partial charge in [-0.05, 0) is 53.2 Å². The molecule has 0 aliphatic carbocycles. The Kier molecular flexibility index (Phi) is 4.57. The SMILES string of the molecule is CCOC(=O)c1cccc(OC(=O)c2ccc(Br)o2)c1. The Labute approximate surface area is 123 Å². The highest BCUT2D eigenvalue weighted by Gasteiger charge is 2.14. The number of esters is 2. The smallest absolute Gasteiger partial charge is 0.379 e. The van der Waals surface area contributed by atoms with Crippen molar-refractivity contribution in [3.63, 3.8) is 0 Å². The quantitative estimate of drug-likeness (QED) is 0.631. The van der Waals surface area contributed by atoms with Crippen LogP contribution in [0.3, 0.4) is 0 Å². The van der Waals surface area contributed by atoms with Crippen molar-refractivity contribution in [2.75, 3.05) is 6.61 Å². The zero-order valence-corrected chi connectivity index (χ0v) is 12.2. The van der Waals surface area contributed by atoms with Crippen molar-refractivity contribution in [3.8, 4) is 5.75 Å². The van der Waals surface area contributed by atoms with Crippen LogP contribution < -0.4 is 4.74 Å². The van der Waals surface area contributed by atoms with E-state index in [9.17, 15) is 9.59 Å². The monoisotopic (exact) mass is 338 g/mol. The van der Waals surface area contributed by atoms with Crippen molar-refractivity contribution in [1.29, 1.82) is 0 Å². The van der Waals surface area contributed by atoms with Crippen LogP contribution in [0.15, 0.2) is 45.5 Å². The lowest BCUT2D eigenvalue weighted by Crippen LogP contribution is -2.09. The zero-order chi connectivity index (χ0) is 14.5. The molecule has 0 radical (unpaired) electrons. The average molecular weight is 339 g/mol. The van der Waals surface area contributed by atoms with Crippen molar-refractivity contribution < 1.29 is 23.5 Å². The van der Waals surface area contributed by atoms with E-state index in [2.05, 4.69) is 15.9 Å². The molecule has 5 nitrogen and oxygen atoms in total. The fourth-order valence-corrected chi connectivity index (χ4v) is 1.79. The van der Waals surface area contributed by atoms with Crippen LogP contribution in [0, 0.1) is 0 Å². The second-order valence-electron chi connectivity index (χ2n) is 3.74. The molecular formula is C14H11BrO5. The van der Waals surface area contributed by atoms with Gasteiger partial charge in [-0.3, -0.25) is 0 Å². The van der Waals surface area contributed by atoms with E-state index in [1.165, 1.54) is 12.1 Å². The summed E-state index contributed by atoms with van der Waals surface area (Å²) in [5.41, 5.74) is 0.317. The Bertz CT molecular complexity index is 632. The van der Waals surface area contributed by atoms with E-state index in [0.29, 0.717) is 10.2 Å². The molecule has 0 N–H and O–H groups in total. The Morgan fingerprint density at radius 1 is 1.20 bits per heavy atom. The molecule has 0 bridgehead atoms. The summed E-state index contributed by atoms with van der Waals surface area (Å²) in [7, 11) is 0. The number of ether oxygens (including phenoxy) is 2. The Balaban J connectivity index is 2.12. The van der Waals surface area contributed by atoms with Crippen LogP contribution in [0.1, 0.15) is 27.8 Å². The van der Waals surface area contributed by atoms with E-state index in [0.717, 1.165) is 0 Å². The summed E-state index contributed by atoms with van der Waals surface area (Å²) in [6, 6.07) is 9.27. The van der Waals surface area contributed by atoms with Gasteiger partial charge in [0.1, 0.15) is 5.75 Å². The van der Waals surface area contributed by atoms with Gasteiger partial charge in [0.25, 0.3) is 0 Å². The Hall–Kier alpha value is -2.08. The number of hydrogen-bond acceptors (Lipinski definition) is 5. The highest BCUT2D eigenvalue weighted by Crippen LogP contribution is 2.18. The van der Waals surface area contributed by atoms with Gasteiger partial charge in [0.15, 0.2) is 4.67 Å². The summed E-state index contributed by atoms with van der Waals surface area (Å²) < 4.78 is 15.5. The normalized spacial score (nSPS) is 10.1. The molecule has 0 amide bonds. The summed E-state index contributed by atoms with van der Waals surface area (Å²) in [5.74, 6) is -0.797. The maximum atomic E-state index is 11.8. The standard InChI is InChI=1S/C14H11BrO5/c1-2-18-13(16)9-4-3-5-10(8-9)19-14(17)11-6-7-12(15)20-11/h3-8H,2H2,1H3. The zero-order valence-electron chi connectivity index (χ0n) is 10.6. The molecule has 6 heteroatoms. The van der Waals surface area contributed by atoms with Crippen LogP contribution >= 0.6 is 15.9 Å². The van der Waals surface area contributed by atoms with E-state index in [1.54, 1.807) is 31.2 Å². The maximum Gasteiger partial charge on any atom is 0.379 e. The summed E-state index contributed by atoms with van der Waals surface area (Å²) in [5, 5.41) is 0. The molecule has 20 heavy (non-hydrogen) atoms. The third kappa shape index (κ3) is 3.48. The number of benzene rings is 1. The first kappa shape index (κ1) is 14.3. The number of halogens is 1. The number of rotatable bonds is 4. The molecule has 0 aliphatic rings. The highest BCUT2D eigenvalue weighted by molar-refractivity contribution is 9.10. The van der Waals surface area contributed by atoms with Gasteiger partial charge in [-0.2, -0.15) is 0 Å². The van der Waals surface area contributed by atoms with Gasteiger partial charge < -0.3 is 13.9 Å². The molecule has 0 saturated carbocycles. The van der Waals surface area contributed by atoms with Crippen LogP contribution in [0.5, 0.6) is 5.75 Å². The van der Waals surface area contributed by atoms with Crippen molar-refractivity contribution in [2.45, 2.75) is 6.92 Å². The second kappa shape index (κ2) is 6.38. The molecule has 2 rings (SSSR count). The van der Waals surface area contributed by atoms with Crippen LogP contribution in [0.25, 0.3) is 0 Å². The third-order valence-electron chi connectivity index (χ3n) is 2.33. The molecule has 1 aromatic heterocycles. The van der Waals surface area contributed by atoms with Crippen LogP contribution in [0.4, 0.5) is 0 Å². The molecule has 1 heterocycles. The molecule has 104 valence electrons. The highest BCUT2D eigenvalue weighted by atomic mass is 79.9. The lowest BCUT2D eigenvalue weighted by molar-refractivity contribution is 0.0524. The van der Waals surface area contributed by atoms with E-state index in [1.807, 2.05) is 0 Å². The topological polar surface area (TPSA) is 65.7 Å². The summed E-state index contributed by atoms with van der Waals surface area (Å²) in [6.07, 6.45) is 0. The summed E-state index contributed by atoms with van der Waals surface area (Å²) >= 11 is 3.10.